The lowest BCUT2D eigenvalue weighted by Gasteiger charge is -2.22. The summed E-state index contributed by atoms with van der Waals surface area (Å²) in [6, 6.07) is 3.81. The van der Waals surface area contributed by atoms with Gasteiger partial charge in [0, 0.05) is 0 Å². The molecule has 1 aromatic rings. The Balaban J connectivity index is 2.84. The molecule has 0 saturated heterocycles. The van der Waals surface area contributed by atoms with E-state index in [9.17, 15) is 5.11 Å². The molecule has 0 fully saturated rings. The molecule has 0 aliphatic heterocycles. The third-order valence-corrected chi connectivity index (χ3v) is 3.29. The highest BCUT2D eigenvalue weighted by Gasteiger charge is 2.28. The van der Waals surface area contributed by atoms with E-state index in [1.807, 2.05) is 26.0 Å². The number of furan rings is 1. The molecule has 0 bridgehead atoms. The summed E-state index contributed by atoms with van der Waals surface area (Å²) in [5.74, 6) is 1.68. The van der Waals surface area contributed by atoms with Gasteiger partial charge in [-0.1, -0.05) is 32.5 Å². The largest absolute Gasteiger partial charge is 0.452 e. The first-order valence-corrected chi connectivity index (χ1v) is 6.10. The van der Waals surface area contributed by atoms with Crippen LogP contribution >= 0.6 is 11.8 Å². The first-order chi connectivity index (χ1) is 6.66. The second-order valence-electron chi connectivity index (χ2n) is 3.29. The van der Waals surface area contributed by atoms with E-state index in [0.717, 1.165) is 10.8 Å². The summed E-state index contributed by atoms with van der Waals surface area (Å²) >= 11 is 1.66. The van der Waals surface area contributed by atoms with E-state index in [4.69, 9.17) is 4.42 Å². The fraction of sp³-hybridized carbons (Fsp3) is 0.636. The molecule has 3 heteroatoms. The molecule has 0 spiro atoms. The van der Waals surface area contributed by atoms with Gasteiger partial charge in [-0.25, -0.2) is 0 Å². The Morgan fingerprint density at radius 1 is 1.29 bits per heavy atom. The number of aliphatic hydroxyl groups is 1. The molecular formula is C11H18O2S. The lowest BCUT2D eigenvalue weighted by atomic mass is 9.95. The zero-order chi connectivity index (χ0) is 10.6. The lowest BCUT2D eigenvalue weighted by Crippen LogP contribution is -2.22. The van der Waals surface area contributed by atoms with Crippen molar-refractivity contribution in [3.63, 3.8) is 0 Å². The number of rotatable bonds is 5. The highest BCUT2D eigenvalue weighted by molar-refractivity contribution is 7.99. The minimum Gasteiger partial charge on any atom is -0.452 e. The molecular weight excluding hydrogens is 196 g/mol. The lowest BCUT2D eigenvalue weighted by molar-refractivity contribution is 0.00399. The molecule has 0 unspecified atom stereocenters. The standard InChI is InChI=1S/C11H18O2S/c1-4-11(12,5-2)9-7-8-10(13-9)14-6-3/h7-8,12H,4-6H2,1-3H3. The van der Waals surface area contributed by atoms with Crippen molar-refractivity contribution >= 4 is 11.8 Å². The van der Waals surface area contributed by atoms with E-state index in [0.29, 0.717) is 18.6 Å². The predicted octanol–water partition coefficient (Wildman–Crippen LogP) is 3.40. The van der Waals surface area contributed by atoms with Crippen molar-refractivity contribution in [1.29, 1.82) is 0 Å². The fourth-order valence-electron chi connectivity index (χ4n) is 1.39. The normalized spacial score (nSPS) is 12.0. The Hall–Kier alpha value is -0.410. The van der Waals surface area contributed by atoms with Crippen LogP contribution in [0.5, 0.6) is 0 Å². The van der Waals surface area contributed by atoms with Crippen molar-refractivity contribution in [2.24, 2.45) is 0 Å². The van der Waals surface area contributed by atoms with Crippen molar-refractivity contribution in [3.8, 4) is 0 Å². The van der Waals surface area contributed by atoms with Gasteiger partial charge in [-0.15, -0.1) is 0 Å². The van der Waals surface area contributed by atoms with Gasteiger partial charge in [0.05, 0.1) is 0 Å². The topological polar surface area (TPSA) is 33.4 Å². The van der Waals surface area contributed by atoms with Crippen molar-refractivity contribution < 1.29 is 9.52 Å². The molecule has 1 heterocycles. The van der Waals surface area contributed by atoms with Gasteiger partial charge in [0.25, 0.3) is 0 Å². The fourth-order valence-corrected chi connectivity index (χ4v) is 1.99. The SMILES string of the molecule is CCSc1ccc(C(O)(CC)CC)o1. The maximum Gasteiger partial charge on any atom is 0.160 e. The van der Waals surface area contributed by atoms with Gasteiger partial charge < -0.3 is 9.52 Å². The second-order valence-corrected chi connectivity index (χ2v) is 4.56. The third kappa shape index (κ3) is 2.34. The van der Waals surface area contributed by atoms with Crippen LogP contribution in [0.1, 0.15) is 39.4 Å². The summed E-state index contributed by atoms with van der Waals surface area (Å²) < 4.78 is 5.58. The predicted molar refractivity (Wildman–Crippen MR) is 59.6 cm³/mol. The van der Waals surface area contributed by atoms with Crippen molar-refractivity contribution in [1.82, 2.24) is 0 Å². The molecule has 0 amide bonds. The zero-order valence-electron chi connectivity index (χ0n) is 9.04. The second kappa shape index (κ2) is 4.89. The van der Waals surface area contributed by atoms with Crippen molar-refractivity contribution in [2.75, 3.05) is 5.75 Å². The number of hydrogen-bond donors (Lipinski definition) is 1. The van der Waals surface area contributed by atoms with E-state index in [1.165, 1.54) is 0 Å². The quantitative estimate of drug-likeness (QED) is 0.763. The molecule has 80 valence electrons. The Kier molecular flexibility index (Phi) is 4.08. The van der Waals surface area contributed by atoms with Gasteiger partial charge in [0.2, 0.25) is 0 Å². The maximum absolute atomic E-state index is 10.2. The minimum absolute atomic E-state index is 0.688. The Bertz CT molecular complexity index is 277. The first-order valence-electron chi connectivity index (χ1n) is 5.11. The Labute approximate surface area is 89.7 Å². The van der Waals surface area contributed by atoms with Gasteiger partial charge in [0.1, 0.15) is 11.4 Å². The van der Waals surface area contributed by atoms with E-state index in [-0.39, 0.29) is 0 Å². The molecule has 0 aliphatic carbocycles. The van der Waals surface area contributed by atoms with Gasteiger partial charge in [-0.3, -0.25) is 0 Å². The zero-order valence-corrected chi connectivity index (χ0v) is 9.86. The Morgan fingerprint density at radius 3 is 2.43 bits per heavy atom. The molecule has 1 rings (SSSR count). The number of thioether (sulfide) groups is 1. The number of hydrogen-bond acceptors (Lipinski definition) is 3. The van der Waals surface area contributed by atoms with Gasteiger partial charge in [-0.05, 0) is 30.7 Å². The average molecular weight is 214 g/mol. The van der Waals surface area contributed by atoms with Crippen LogP contribution in [-0.4, -0.2) is 10.9 Å². The smallest absolute Gasteiger partial charge is 0.160 e. The van der Waals surface area contributed by atoms with Crippen molar-refractivity contribution in [3.05, 3.63) is 17.9 Å². The van der Waals surface area contributed by atoms with Gasteiger partial charge in [-0.2, -0.15) is 0 Å². The van der Waals surface area contributed by atoms with Gasteiger partial charge >= 0.3 is 0 Å². The molecule has 0 radical (unpaired) electrons. The monoisotopic (exact) mass is 214 g/mol. The van der Waals surface area contributed by atoms with Gasteiger partial charge in [0.15, 0.2) is 5.09 Å². The van der Waals surface area contributed by atoms with E-state index >= 15 is 0 Å². The maximum atomic E-state index is 10.2. The van der Waals surface area contributed by atoms with Crippen LogP contribution in [0.3, 0.4) is 0 Å². The highest BCUT2D eigenvalue weighted by atomic mass is 32.2. The van der Waals surface area contributed by atoms with Crippen LogP contribution in [0.15, 0.2) is 21.6 Å². The van der Waals surface area contributed by atoms with Crippen LogP contribution in [0.2, 0.25) is 0 Å². The molecule has 1 aromatic heterocycles. The molecule has 0 aliphatic rings. The summed E-state index contributed by atoms with van der Waals surface area (Å²) in [7, 11) is 0. The molecule has 0 atom stereocenters. The summed E-state index contributed by atoms with van der Waals surface area (Å²) in [4.78, 5) is 0. The van der Waals surface area contributed by atoms with E-state index < -0.39 is 5.60 Å². The highest BCUT2D eigenvalue weighted by Crippen LogP contribution is 2.32. The minimum atomic E-state index is -0.785. The molecule has 14 heavy (non-hydrogen) atoms. The summed E-state index contributed by atoms with van der Waals surface area (Å²) in [6.07, 6.45) is 1.38. The summed E-state index contributed by atoms with van der Waals surface area (Å²) in [6.45, 7) is 6.02. The molecule has 0 saturated carbocycles. The summed E-state index contributed by atoms with van der Waals surface area (Å²) in [5.41, 5.74) is -0.785. The molecule has 1 N–H and O–H groups in total. The third-order valence-electron chi connectivity index (χ3n) is 2.50. The Morgan fingerprint density at radius 2 is 1.93 bits per heavy atom. The average Bonchev–Trinajstić information content (AvgIpc) is 2.66. The molecule has 2 nitrogen and oxygen atoms in total. The van der Waals surface area contributed by atoms with Crippen LogP contribution in [0, 0.1) is 0 Å². The van der Waals surface area contributed by atoms with Crippen molar-refractivity contribution in [2.45, 2.75) is 44.3 Å². The van der Waals surface area contributed by atoms with Crippen LogP contribution in [0.4, 0.5) is 0 Å². The first kappa shape index (κ1) is 11.7. The van der Waals surface area contributed by atoms with Crippen LogP contribution in [0.25, 0.3) is 0 Å². The van der Waals surface area contributed by atoms with E-state index in [1.54, 1.807) is 11.8 Å². The van der Waals surface area contributed by atoms with Crippen LogP contribution in [-0.2, 0) is 5.60 Å². The van der Waals surface area contributed by atoms with Crippen LogP contribution < -0.4 is 0 Å². The summed E-state index contributed by atoms with van der Waals surface area (Å²) in [5, 5.41) is 11.1. The molecule has 0 aromatic carbocycles. The van der Waals surface area contributed by atoms with E-state index in [2.05, 4.69) is 6.92 Å².